The minimum absolute atomic E-state index is 0.0340. The molecular formula is C25H21F2N5OS. The van der Waals surface area contributed by atoms with Gasteiger partial charge in [-0.3, -0.25) is 0 Å². The molecule has 6 nitrogen and oxygen atoms in total. The maximum absolute atomic E-state index is 16.3. The van der Waals surface area contributed by atoms with Crippen LogP contribution in [0.4, 0.5) is 19.7 Å². The van der Waals surface area contributed by atoms with Gasteiger partial charge in [-0.15, -0.1) is 11.3 Å². The Bertz CT molecular complexity index is 1530. The zero-order chi connectivity index (χ0) is 23.7. The van der Waals surface area contributed by atoms with Crippen LogP contribution in [0.15, 0.2) is 18.3 Å². The second-order valence-electron chi connectivity index (χ2n) is 9.18. The largest absolute Gasteiger partial charge is 0.389 e. The van der Waals surface area contributed by atoms with Gasteiger partial charge in [0.15, 0.2) is 5.82 Å². The number of nitrogens with two attached hydrogens (primary N) is 1. The number of anilines is 2. The van der Waals surface area contributed by atoms with Gasteiger partial charge in [0.05, 0.1) is 18.8 Å². The van der Waals surface area contributed by atoms with Crippen molar-refractivity contribution in [3.63, 3.8) is 0 Å². The smallest absolute Gasteiger partial charge is 0.225 e. The quantitative estimate of drug-likeness (QED) is 0.418. The summed E-state index contributed by atoms with van der Waals surface area (Å²) >= 11 is 1.19. The Morgan fingerprint density at radius 2 is 1.88 bits per heavy atom. The van der Waals surface area contributed by atoms with E-state index in [0.29, 0.717) is 38.8 Å². The highest BCUT2D eigenvalue weighted by Crippen LogP contribution is 2.46. The van der Waals surface area contributed by atoms with Crippen LogP contribution >= 0.6 is 11.3 Å². The van der Waals surface area contributed by atoms with E-state index in [2.05, 4.69) is 34.8 Å². The van der Waals surface area contributed by atoms with Gasteiger partial charge in [-0.05, 0) is 35.1 Å². The summed E-state index contributed by atoms with van der Waals surface area (Å²) in [6.45, 7) is 6.34. The molecule has 2 aliphatic heterocycles. The Labute approximate surface area is 198 Å². The Kier molecular flexibility index (Phi) is 4.73. The number of hydrogen-bond acceptors (Lipinski definition) is 7. The molecule has 9 heteroatoms. The van der Waals surface area contributed by atoms with Crippen LogP contribution in [0.3, 0.4) is 0 Å². The topological polar surface area (TPSA) is 88.1 Å². The van der Waals surface area contributed by atoms with Gasteiger partial charge < -0.3 is 15.4 Å². The minimum Gasteiger partial charge on any atom is -0.389 e. The average Bonchev–Trinajstić information content (AvgIpc) is 3.52. The molecule has 6 rings (SSSR count). The second kappa shape index (κ2) is 7.58. The van der Waals surface area contributed by atoms with E-state index in [-0.39, 0.29) is 40.4 Å². The monoisotopic (exact) mass is 477 g/mol. The predicted molar refractivity (Wildman–Crippen MR) is 128 cm³/mol. The van der Waals surface area contributed by atoms with E-state index in [9.17, 15) is 5.26 Å². The van der Waals surface area contributed by atoms with E-state index in [1.165, 1.54) is 17.4 Å². The molecule has 1 saturated heterocycles. The molecule has 4 heterocycles. The zero-order valence-corrected chi connectivity index (χ0v) is 19.5. The summed E-state index contributed by atoms with van der Waals surface area (Å²) in [5.74, 6) is 0.166. The number of nitrogen functional groups attached to an aromatic ring is 1. The molecule has 34 heavy (non-hydrogen) atoms. The number of ether oxygens (including phenoxy) is 1. The van der Waals surface area contributed by atoms with Gasteiger partial charge >= 0.3 is 0 Å². The van der Waals surface area contributed by atoms with E-state index < -0.39 is 11.6 Å². The van der Waals surface area contributed by atoms with Crippen molar-refractivity contribution in [3.05, 3.63) is 46.7 Å². The molecule has 0 aliphatic carbocycles. The fourth-order valence-electron chi connectivity index (χ4n) is 5.15. The molecule has 0 spiro atoms. The third-order valence-corrected chi connectivity index (χ3v) is 8.14. The number of nitrogens with zero attached hydrogens (tertiary/aromatic N) is 4. The Morgan fingerprint density at radius 1 is 1.15 bits per heavy atom. The lowest BCUT2D eigenvalue weighted by atomic mass is 9.90. The number of aromatic nitrogens is 2. The molecule has 0 radical (unpaired) electrons. The molecule has 4 aromatic rings. The van der Waals surface area contributed by atoms with Crippen LogP contribution < -0.4 is 10.6 Å². The van der Waals surface area contributed by atoms with Gasteiger partial charge in [-0.25, -0.2) is 18.7 Å². The van der Waals surface area contributed by atoms with Crippen LogP contribution in [-0.4, -0.2) is 23.1 Å². The lowest BCUT2D eigenvalue weighted by Crippen LogP contribution is -2.22. The molecule has 0 bridgehead atoms. The van der Waals surface area contributed by atoms with Gasteiger partial charge in [-0.1, -0.05) is 13.8 Å². The van der Waals surface area contributed by atoms with Crippen LogP contribution in [0.2, 0.25) is 0 Å². The van der Waals surface area contributed by atoms with Crippen molar-refractivity contribution < 1.29 is 13.5 Å². The molecule has 0 amide bonds. The summed E-state index contributed by atoms with van der Waals surface area (Å²) < 4.78 is 38.0. The molecule has 2 aliphatic rings. The molecule has 172 valence electrons. The van der Waals surface area contributed by atoms with E-state index in [1.807, 2.05) is 0 Å². The first-order chi connectivity index (χ1) is 16.4. The number of benzene rings is 2. The predicted octanol–water partition coefficient (Wildman–Crippen LogP) is 5.37. The molecule has 2 unspecified atom stereocenters. The van der Waals surface area contributed by atoms with Gasteiger partial charge in [0, 0.05) is 45.9 Å². The maximum Gasteiger partial charge on any atom is 0.225 e. The van der Waals surface area contributed by atoms with Crippen molar-refractivity contribution in [2.75, 3.05) is 23.7 Å². The number of halogens is 2. The number of hydrogen-bond donors (Lipinski definition) is 1. The highest BCUT2D eigenvalue weighted by molar-refractivity contribution is 7.23. The standard InChI is InChI=1S/C25H21F2N5OS/c1-11-7-32(8-12(11)2)25-30-6-14-15-9-33-10-16(15)20(22(27)23(14)31-25)21-17(26)3-4-18-19(21)13(5-28)24(29)34-18/h3-4,6,11-12H,7-10,29H2,1-2H3. The third-order valence-electron chi connectivity index (χ3n) is 7.15. The van der Waals surface area contributed by atoms with Gasteiger partial charge in [0.2, 0.25) is 5.95 Å². The summed E-state index contributed by atoms with van der Waals surface area (Å²) in [7, 11) is 0. The summed E-state index contributed by atoms with van der Waals surface area (Å²) in [5, 5.41) is 10.9. The fraction of sp³-hybridized carbons (Fsp3) is 0.320. The van der Waals surface area contributed by atoms with Crippen LogP contribution in [0.25, 0.3) is 32.1 Å². The lowest BCUT2D eigenvalue weighted by molar-refractivity contribution is 0.135. The SMILES string of the molecule is CC1CN(c2ncc3c4c(c(-c5c(F)ccc6sc(N)c(C#N)c56)c(F)c3n2)COC4)CC1C. The van der Waals surface area contributed by atoms with E-state index in [4.69, 9.17) is 10.5 Å². The molecule has 1 fully saturated rings. The Balaban J connectivity index is 1.66. The average molecular weight is 478 g/mol. The van der Waals surface area contributed by atoms with Gasteiger partial charge in [0.25, 0.3) is 0 Å². The fourth-order valence-corrected chi connectivity index (χ4v) is 6.08. The normalized spacial score (nSPS) is 19.8. The van der Waals surface area contributed by atoms with Crippen molar-refractivity contribution in [2.24, 2.45) is 11.8 Å². The number of nitriles is 1. The molecule has 2 aromatic carbocycles. The van der Waals surface area contributed by atoms with Crippen LogP contribution in [0.5, 0.6) is 0 Å². The number of fused-ring (bicyclic) bond motifs is 4. The number of rotatable bonds is 2. The van der Waals surface area contributed by atoms with Crippen molar-refractivity contribution in [3.8, 4) is 17.2 Å². The first-order valence-corrected chi connectivity index (χ1v) is 11.9. The summed E-state index contributed by atoms with van der Waals surface area (Å²) in [4.78, 5) is 11.2. The maximum atomic E-state index is 16.3. The van der Waals surface area contributed by atoms with Crippen molar-refractivity contribution in [1.82, 2.24) is 9.97 Å². The highest BCUT2D eigenvalue weighted by Gasteiger charge is 2.32. The summed E-state index contributed by atoms with van der Waals surface area (Å²) in [6, 6.07) is 4.93. The Hall–Kier alpha value is -3.35. The molecular weight excluding hydrogens is 456 g/mol. The summed E-state index contributed by atoms with van der Waals surface area (Å²) in [6.07, 6.45) is 1.64. The molecule has 2 N–H and O–H groups in total. The third kappa shape index (κ3) is 2.92. The number of thiophene rings is 1. The van der Waals surface area contributed by atoms with E-state index in [0.717, 1.165) is 18.7 Å². The highest BCUT2D eigenvalue weighted by atomic mass is 32.1. The second-order valence-corrected chi connectivity index (χ2v) is 10.3. The first-order valence-electron chi connectivity index (χ1n) is 11.1. The lowest BCUT2D eigenvalue weighted by Gasteiger charge is -2.18. The van der Waals surface area contributed by atoms with Crippen LogP contribution in [0, 0.1) is 34.8 Å². The van der Waals surface area contributed by atoms with Gasteiger partial charge in [-0.2, -0.15) is 5.26 Å². The zero-order valence-electron chi connectivity index (χ0n) is 18.7. The van der Waals surface area contributed by atoms with Crippen LogP contribution in [-0.2, 0) is 18.0 Å². The van der Waals surface area contributed by atoms with Crippen molar-refractivity contribution in [1.29, 1.82) is 5.26 Å². The van der Waals surface area contributed by atoms with E-state index in [1.54, 1.807) is 12.3 Å². The molecule has 2 aromatic heterocycles. The van der Waals surface area contributed by atoms with E-state index >= 15 is 8.78 Å². The first kappa shape index (κ1) is 21.2. The van der Waals surface area contributed by atoms with Gasteiger partial charge in [0.1, 0.15) is 22.4 Å². The van der Waals surface area contributed by atoms with Crippen molar-refractivity contribution >= 4 is 43.3 Å². The van der Waals surface area contributed by atoms with Crippen molar-refractivity contribution in [2.45, 2.75) is 27.1 Å². The van der Waals surface area contributed by atoms with Crippen LogP contribution in [0.1, 0.15) is 30.5 Å². The molecule has 0 saturated carbocycles. The summed E-state index contributed by atoms with van der Waals surface area (Å²) in [5.41, 5.74) is 7.77. The minimum atomic E-state index is -0.636. The Morgan fingerprint density at radius 3 is 2.62 bits per heavy atom. The molecule has 2 atom stereocenters.